The minimum Gasteiger partial charge on any atom is -0.497 e. The predicted molar refractivity (Wildman–Crippen MR) is 94.0 cm³/mol. The molecule has 1 saturated heterocycles. The molecule has 1 N–H and O–H groups in total. The molecule has 2 rings (SSSR count). The van der Waals surface area contributed by atoms with Crippen LogP contribution in [0, 0.1) is 0 Å². The number of ether oxygens (including phenoxy) is 2. The Balaban J connectivity index is 1.56. The van der Waals surface area contributed by atoms with Gasteiger partial charge in [-0.25, -0.2) is 0 Å². The van der Waals surface area contributed by atoms with Gasteiger partial charge < -0.3 is 14.6 Å². The number of rotatable bonds is 12. The van der Waals surface area contributed by atoms with Gasteiger partial charge in [0.05, 0.1) is 25.4 Å². The van der Waals surface area contributed by atoms with E-state index in [-0.39, 0.29) is 12.2 Å². The molecule has 3 heteroatoms. The second kappa shape index (κ2) is 9.94. The fourth-order valence-electron chi connectivity index (χ4n) is 3.15. The van der Waals surface area contributed by atoms with Crippen molar-refractivity contribution in [1.82, 2.24) is 0 Å². The summed E-state index contributed by atoms with van der Waals surface area (Å²) in [5.74, 6) is 0.911. The van der Waals surface area contributed by atoms with Crippen LogP contribution < -0.4 is 4.74 Å². The van der Waals surface area contributed by atoms with Crippen molar-refractivity contribution in [3.05, 3.63) is 29.8 Å². The van der Waals surface area contributed by atoms with Gasteiger partial charge in [0.1, 0.15) is 5.75 Å². The lowest BCUT2D eigenvalue weighted by Crippen LogP contribution is -2.11. The molecule has 130 valence electrons. The van der Waals surface area contributed by atoms with Gasteiger partial charge >= 0.3 is 0 Å². The molecule has 1 fully saturated rings. The number of epoxide rings is 1. The van der Waals surface area contributed by atoms with E-state index in [1.165, 1.54) is 31.2 Å². The maximum absolute atomic E-state index is 10.1. The van der Waals surface area contributed by atoms with E-state index in [1.807, 2.05) is 12.1 Å². The Morgan fingerprint density at radius 3 is 2.78 bits per heavy atom. The number of benzene rings is 1. The van der Waals surface area contributed by atoms with Crippen molar-refractivity contribution in [2.75, 3.05) is 7.11 Å². The smallest absolute Gasteiger partial charge is 0.119 e. The number of aliphatic hydroxyl groups excluding tert-OH is 1. The van der Waals surface area contributed by atoms with Crippen LogP contribution in [-0.4, -0.2) is 30.5 Å². The number of hydrogen-bond donors (Lipinski definition) is 1. The zero-order valence-corrected chi connectivity index (χ0v) is 14.7. The predicted octanol–water partition coefficient (Wildman–Crippen LogP) is 4.51. The molecule has 3 unspecified atom stereocenters. The van der Waals surface area contributed by atoms with Gasteiger partial charge in [0.25, 0.3) is 0 Å². The second-order valence-corrected chi connectivity index (χ2v) is 6.70. The molecule has 1 aromatic carbocycles. The molecule has 3 nitrogen and oxygen atoms in total. The Bertz CT molecular complexity index is 446. The summed E-state index contributed by atoms with van der Waals surface area (Å²) in [6.45, 7) is 2.23. The summed E-state index contributed by atoms with van der Waals surface area (Å²) in [6, 6.07) is 8.21. The lowest BCUT2D eigenvalue weighted by molar-refractivity contribution is 0.139. The first kappa shape index (κ1) is 18.3. The zero-order chi connectivity index (χ0) is 16.5. The first-order valence-corrected chi connectivity index (χ1v) is 9.19. The Hall–Kier alpha value is -1.06. The molecule has 0 spiro atoms. The quantitative estimate of drug-likeness (QED) is 0.455. The number of aliphatic hydroxyl groups is 1. The summed E-state index contributed by atoms with van der Waals surface area (Å²) in [4.78, 5) is 0. The number of unbranched alkanes of at least 4 members (excludes halogenated alkanes) is 4. The number of methoxy groups -OCH3 is 1. The molecule has 0 bridgehead atoms. The third-order valence-corrected chi connectivity index (χ3v) is 4.68. The Morgan fingerprint density at radius 2 is 2.00 bits per heavy atom. The standard InChI is InChI=1S/C20H32O3/c1-3-4-5-6-7-10-17(21)15-20-19(23-20)13-12-16-9-8-11-18(14-16)22-2/h8-9,11,14,17,19-21H,3-7,10,12-13,15H2,1-2H3. The van der Waals surface area contributed by atoms with Crippen LogP contribution in [0.1, 0.15) is 63.9 Å². The van der Waals surface area contributed by atoms with Gasteiger partial charge in [0.15, 0.2) is 0 Å². The lowest BCUT2D eigenvalue weighted by atomic mass is 10.0. The van der Waals surface area contributed by atoms with Gasteiger partial charge in [0, 0.05) is 6.42 Å². The minimum absolute atomic E-state index is 0.191. The molecular formula is C20H32O3. The molecule has 1 heterocycles. The fourth-order valence-corrected chi connectivity index (χ4v) is 3.15. The molecular weight excluding hydrogens is 288 g/mol. The van der Waals surface area contributed by atoms with Crippen LogP contribution >= 0.6 is 0 Å². The van der Waals surface area contributed by atoms with Crippen LogP contribution in [0.15, 0.2) is 24.3 Å². The van der Waals surface area contributed by atoms with Crippen molar-refractivity contribution in [3.8, 4) is 5.75 Å². The molecule has 0 aromatic heterocycles. The Labute approximate surface area is 141 Å². The lowest BCUT2D eigenvalue weighted by Gasteiger charge is -2.08. The van der Waals surface area contributed by atoms with E-state index in [0.717, 1.165) is 37.9 Å². The summed E-state index contributed by atoms with van der Waals surface area (Å²) in [7, 11) is 1.70. The van der Waals surface area contributed by atoms with Crippen molar-refractivity contribution in [2.24, 2.45) is 0 Å². The van der Waals surface area contributed by atoms with E-state index in [2.05, 4.69) is 19.1 Å². The van der Waals surface area contributed by atoms with E-state index in [0.29, 0.717) is 6.10 Å². The van der Waals surface area contributed by atoms with Gasteiger partial charge in [-0.15, -0.1) is 0 Å². The third kappa shape index (κ3) is 6.92. The van der Waals surface area contributed by atoms with E-state index >= 15 is 0 Å². The van der Waals surface area contributed by atoms with Crippen LogP contribution in [0.4, 0.5) is 0 Å². The molecule has 0 amide bonds. The van der Waals surface area contributed by atoms with E-state index in [9.17, 15) is 5.11 Å². The highest BCUT2D eigenvalue weighted by Gasteiger charge is 2.39. The molecule has 1 aromatic rings. The van der Waals surface area contributed by atoms with Gasteiger partial charge in [-0.3, -0.25) is 0 Å². The summed E-state index contributed by atoms with van der Waals surface area (Å²) in [5, 5.41) is 10.1. The molecule has 1 aliphatic heterocycles. The molecule has 0 saturated carbocycles. The Kier molecular flexibility index (Phi) is 7.90. The van der Waals surface area contributed by atoms with Crippen LogP contribution in [-0.2, 0) is 11.2 Å². The third-order valence-electron chi connectivity index (χ3n) is 4.68. The van der Waals surface area contributed by atoms with Gasteiger partial charge in [-0.05, 0) is 37.0 Å². The van der Waals surface area contributed by atoms with Crippen LogP contribution in [0.2, 0.25) is 0 Å². The summed E-state index contributed by atoms with van der Waals surface area (Å²) in [5.41, 5.74) is 1.29. The van der Waals surface area contributed by atoms with Gasteiger partial charge in [-0.1, -0.05) is 51.2 Å². The second-order valence-electron chi connectivity index (χ2n) is 6.70. The van der Waals surface area contributed by atoms with Crippen LogP contribution in [0.3, 0.4) is 0 Å². The molecule has 23 heavy (non-hydrogen) atoms. The van der Waals surface area contributed by atoms with Crippen molar-refractivity contribution >= 4 is 0 Å². The van der Waals surface area contributed by atoms with Gasteiger partial charge in [0.2, 0.25) is 0 Å². The average Bonchev–Trinajstić information content (AvgIpc) is 3.31. The van der Waals surface area contributed by atoms with Crippen LogP contribution in [0.5, 0.6) is 5.75 Å². The van der Waals surface area contributed by atoms with Crippen molar-refractivity contribution in [3.63, 3.8) is 0 Å². The zero-order valence-electron chi connectivity index (χ0n) is 14.7. The molecule has 0 radical (unpaired) electrons. The molecule has 3 atom stereocenters. The summed E-state index contributed by atoms with van der Waals surface area (Å²) >= 11 is 0. The van der Waals surface area contributed by atoms with E-state index < -0.39 is 0 Å². The van der Waals surface area contributed by atoms with E-state index in [4.69, 9.17) is 9.47 Å². The fraction of sp³-hybridized carbons (Fsp3) is 0.700. The molecule has 1 aliphatic rings. The monoisotopic (exact) mass is 320 g/mol. The van der Waals surface area contributed by atoms with Crippen molar-refractivity contribution < 1.29 is 14.6 Å². The maximum atomic E-state index is 10.1. The molecule has 0 aliphatic carbocycles. The maximum Gasteiger partial charge on any atom is 0.119 e. The first-order chi connectivity index (χ1) is 11.2. The first-order valence-electron chi connectivity index (χ1n) is 9.19. The minimum atomic E-state index is -0.191. The average molecular weight is 320 g/mol. The van der Waals surface area contributed by atoms with Crippen LogP contribution in [0.25, 0.3) is 0 Å². The van der Waals surface area contributed by atoms with Gasteiger partial charge in [-0.2, -0.15) is 0 Å². The number of hydrogen-bond acceptors (Lipinski definition) is 3. The normalized spacial score (nSPS) is 21.2. The van der Waals surface area contributed by atoms with Crippen molar-refractivity contribution in [2.45, 2.75) is 83.0 Å². The highest BCUT2D eigenvalue weighted by atomic mass is 16.6. The largest absolute Gasteiger partial charge is 0.497 e. The topological polar surface area (TPSA) is 42.0 Å². The van der Waals surface area contributed by atoms with Crippen molar-refractivity contribution in [1.29, 1.82) is 0 Å². The highest BCUT2D eigenvalue weighted by Crippen LogP contribution is 2.31. The summed E-state index contributed by atoms with van der Waals surface area (Å²) < 4.78 is 11.0. The SMILES string of the molecule is CCCCCCCC(O)CC1OC1CCc1cccc(OC)c1. The van der Waals surface area contributed by atoms with E-state index in [1.54, 1.807) is 7.11 Å². The number of aryl methyl sites for hydroxylation is 1. The Morgan fingerprint density at radius 1 is 1.17 bits per heavy atom. The summed E-state index contributed by atoms with van der Waals surface area (Å²) in [6.07, 6.45) is 10.4. The highest BCUT2D eigenvalue weighted by molar-refractivity contribution is 5.28.